The van der Waals surface area contributed by atoms with Gasteiger partial charge in [-0.05, 0) is 50.8 Å². The first-order valence-corrected chi connectivity index (χ1v) is 15.2. The van der Waals surface area contributed by atoms with Gasteiger partial charge < -0.3 is 19.2 Å². The van der Waals surface area contributed by atoms with Gasteiger partial charge in [-0.2, -0.15) is 0 Å². The van der Waals surface area contributed by atoms with E-state index in [1.807, 2.05) is 0 Å². The lowest BCUT2D eigenvalue weighted by Crippen LogP contribution is -2.45. The minimum absolute atomic E-state index is 0. The van der Waals surface area contributed by atoms with Crippen LogP contribution in [-0.2, 0) is 8.91 Å². The van der Waals surface area contributed by atoms with Gasteiger partial charge in [-0.15, -0.1) is 0 Å². The summed E-state index contributed by atoms with van der Waals surface area (Å²) in [5, 5.41) is 18.5. The molecule has 0 spiro atoms. The Bertz CT molecular complexity index is 389. The highest BCUT2D eigenvalue weighted by Crippen LogP contribution is 2.24. The normalized spacial score (nSPS) is 13.1. The van der Waals surface area contributed by atoms with Gasteiger partial charge in [0.2, 0.25) is 5.91 Å². The third kappa shape index (κ3) is 12.5. The molecule has 150 valence electrons. The number of hydrogen-bond acceptors (Lipinski definition) is 4. The summed E-state index contributed by atoms with van der Waals surface area (Å²) < 4.78 is 6.56. The van der Waals surface area contributed by atoms with Crippen molar-refractivity contribution in [2.45, 2.75) is 78.0 Å². The third-order valence-electron chi connectivity index (χ3n) is 4.02. The van der Waals surface area contributed by atoms with Crippen LogP contribution in [0.5, 0.6) is 0 Å². The molecule has 0 aliphatic carbocycles. The van der Waals surface area contributed by atoms with Crippen LogP contribution in [0, 0.1) is 0 Å². The maximum atomic E-state index is 11.9. The van der Waals surface area contributed by atoms with Crippen molar-refractivity contribution in [3.63, 3.8) is 0 Å². The van der Waals surface area contributed by atoms with Crippen molar-refractivity contribution in [1.82, 2.24) is 4.90 Å². The summed E-state index contributed by atoms with van der Waals surface area (Å²) in [5.74, 6) is -0.208. The molecule has 0 rings (SSSR count). The molecule has 2 N–H and O–H groups in total. The van der Waals surface area contributed by atoms with Crippen LogP contribution in [0.15, 0.2) is 12.7 Å². The summed E-state index contributed by atoms with van der Waals surface area (Å²) >= 11 is 0. The molecular weight excluding hydrogens is 350 g/mol. The van der Waals surface area contributed by atoms with Gasteiger partial charge in [0.1, 0.15) is 0 Å². The number of aliphatic hydroxyl groups is 2. The van der Waals surface area contributed by atoms with Gasteiger partial charge >= 0.3 is 0 Å². The molecule has 7 heteroatoms. The first kappa shape index (κ1) is 26.7. The van der Waals surface area contributed by atoms with Crippen LogP contribution in [0.1, 0.15) is 33.6 Å². The lowest BCUT2D eigenvalue weighted by molar-refractivity contribution is -0.127. The molecule has 1 unspecified atom stereocenters. The van der Waals surface area contributed by atoms with Gasteiger partial charge in [-0.1, -0.05) is 33.8 Å². The Labute approximate surface area is 157 Å². The number of rotatable bonds is 13. The molecule has 0 aromatic carbocycles. The van der Waals surface area contributed by atoms with Crippen molar-refractivity contribution in [3.8, 4) is 0 Å². The zero-order chi connectivity index (χ0) is 18.8. The van der Waals surface area contributed by atoms with Crippen molar-refractivity contribution in [3.05, 3.63) is 12.7 Å². The van der Waals surface area contributed by atoms with Crippen LogP contribution in [0.25, 0.3) is 0 Å². The van der Waals surface area contributed by atoms with E-state index in [1.165, 1.54) is 25.0 Å². The predicted octanol–water partition coefficient (Wildman–Crippen LogP) is 3.61. The second-order valence-corrected chi connectivity index (χ2v) is 16.5. The van der Waals surface area contributed by atoms with Crippen molar-refractivity contribution >= 4 is 22.5 Å². The SMILES string of the molecule is C.C=CC(=O)N(CCC[Si](C)(C)O[Si](C)(C)CCCC)CC(O)CO. The van der Waals surface area contributed by atoms with Crippen LogP contribution < -0.4 is 0 Å². The van der Waals surface area contributed by atoms with Gasteiger partial charge in [0.15, 0.2) is 16.6 Å². The van der Waals surface area contributed by atoms with Crippen LogP contribution in [0.4, 0.5) is 0 Å². The minimum Gasteiger partial charge on any atom is -0.455 e. The van der Waals surface area contributed by atoms with E-state index in [0.29, 0.717) is 6.54 Å². The Balaban J connectivity index is 0. The Hall–Kier alpha value is -0.476. The molecule has 1 amide bonds. The zero-order valence-corrected chi connectivity index (χ0v) is 18.2. The predicted molar refractivity (Wildman–Crippen MR) is 112 cm³/mol. The molecule has 0 saturated carbocycles. The number of amides is 1. The van der Waals surface area contributed by atoms with E-state index in [4.69, 9.17) is 9.22 Å². The molecule has 0 aromatic heterocycles. The van der Waals surface area contributed by atoms with Crippen molar-refractivity contribution < 1.29 is 19.1 Å². The molecule has 0 heterocycles. The van der Waals surface area contributed by atoms with Crippen molar-refractivity contribution in [1.29, 1.82) is 0 Å². The second kappa shape index (κ2) is 12.8. The van der Waals surface area contributed by atoms with Crippen molar-refractivity contribution in [2.24, 2.45) is 0 Å². The number of carbonyl (C=O) groups is 1. The molecule has 0 saturated heterocycles. The number of hydrogen-bond donors (Lipinski definition) is 2. The largest absolute Gasteiger partial charge is 0.455 e. The maximum Gasteiger partial charge on any atom is 0.246 e. The fourth-order valence-corrected chi connectivity index (χ4v) is 11.9. The van der Waals surface area contributed by atoms with Crippen molar-refractivity contribution in [2.75, 3.05) is 19.7 Å². The monoisotopic (exact) mass is 391 g/mol. The van der Waals surface area contributed by atoms with Crippen LogP contribution in [0.3, 0.4) is 0 Å². The number of nitrogens with zero attached hydrogens (tertiary/aromatic N) is 1. The summed E-state index contributed by atoms with van der Waals surface area (Å²) in [4.78, 5) is 13.4. The smallest absolute Gasteiger partial charge is 0.246 e. The van der Waals surface area contributed by atoms with E-state index in [2.05, 4.69) is 39.7 Å². The average Bonchev–Trinajstić information content (AvgIpc) is 2.49. The highest BCUT2D eigenvalue weighted by Gasteiger charge is 2.32. The Morgan fingerprint density at radius 2 is 1.72 bits per heavy atom. The average molecular weight is 392 g/mol. The summed E-state index contributed by atoms with van der Waals surface area (Å²) in [6.45, 7) is 15.1. The third-order valence-corrected chi connectivity index (χ3v) is 11.6. The molecule has 0 radical (unpaired) electrons. The first-order valence-electron chi connectivity index (χ1n) is 8.97. The summed E-state index contributed by atoms with van der Waals surface area (Å²) in [6, 6.07) is 2.18. The standard InChI is InChI=1S/C17H37NO4Si2.CH4/c1-7-9-12-23(3,4)22-24(5,6)13-10-11-18(17(21)8-2)14-16(20)15-19;/h8,16,19-20H,2,7,9-15H2,1,3-6H3;1H4. The fraction of sp³-hybridized carbons (Fsp3) is 0.833. The first-order chi connectivity index (χ1) is 11.1. The highest BCUT2D eigenvalue weighted by atomic mass is 28.4. The summed E-state index contributed by atoms with van der Waals surface area (Å²) in [5.41, 5.74) is 0. The van der Waals surface area contributed by atoms with E-state index < -0.39 is 22.7 Å². The molecule has 0 aliphatic rings. The Kier molecular flexibility index (Phi) is 13.7. The number of unbranched alkanes of at least 4 members (excludes halogenated alkanes) is 1. The molecular formula is C18H41NO4Si2. The van der Waals surface area contributed by atoms with Crippen LogP contribution in [-0.4, -0.2) is 63.5 Å². The minimum atomic E-state index is -1.76. The lowest BCUT2D eigenvalue weighted by Gasteiger charge is -2.34. The van der Waals surface area contributed by atoms with E-state index >= 15 is 0 Å². The van der Waals surface area contributed by atoms with E-state index in [9.17, 15) is 9.90 Å². The fourth-order valence-electron chi connectivity index (χ4n) is 2.88. The molecule has 5 nitrogen and oxygen atoms in total. The molecule has 0 aliphatic heterocycles. The number of carbonyl (C=O) groups excluding carboxylic acids is 1. The zero-order valence-electron chi connectivity index (χ0n) is 16.2. The quantitative estimate of drug-likeness (QED) is 0.372. The Morgan fingerprint density at radius 3 is 2.16 bits per heavy atom. The topological polar surface area (TPSA) is 70.0 Å². The van der Waals surface area contributed by atoms with Gasteiger partial charge in [0.25, 0.3) is 0 Å². The van der Waals surface area contributed by atoms with Gasteiger partial charge in [0.05, 0.1) is 12.7 Å². The highest BCUT2D eigenvalue weighted by molar-refractivity contribution is 6.84. The summed E-state index contributed by atoms with van der Waals surface area (Å²) in [6.07, 6.45) is 3.62. The molecule has 0 aromatic rings. The maximum absolute atomic E-state index is 11.9. The van der Waals surface area contributed by atoms with Gasteiger partial charge in [-0.25, -0.2) is 0 Å². The van der Waals surface area contributed by atoms with E-state index in [0.717, 1.165) is 12.5 Å². The summed E-state index contributed by atoms with van der Waals surface area (Å²) in [7, 11) is -3.37. The van der Waals surface area contributed by atoms with Crippen LogP contribution >= 0.6 is 0 Å². The molecule has 25 heavy (non-hydrogen) atoms. The van der Waals surface area contributed by atoms with Gasteiger partial charge in [0, 0.05) is 13.1 Å². The number of aliphatic hydroxyl groups excluding tert-OH is 2. The Morgan fingerprint density at radius 1 is 1.20 bits per heavy atom. The molecule has 1 atom stereocenters. The second-order valence-electron chi connectivity index (χ2n) is 7.65. The molecule has 0 fully saturated rings. The van der Waals surface area contributed by atoms with E-state index in [1.54, 1.807) is 4.90 Å². The lowest BCUT2D eigenvalue weighted by atomic mass is 10.3. The molecule has 0 bridgehead atoms. The van der Waals surface area contributed by atoms with Gasteiger partial charge in [-0.3, -0.25) is 4.79 Å². The van der Waals surface area contributed by atoms with Crippen LogP contribution in [0.2, 0.25) is 38.3 Å². The van der Waals surface area contributed by atoms with E-state index in [-0.39, 0.29) is 26.5 Å².